The van der Waals surface area contributed by atoms with E-state index in [-0.39, 0.29) is 6.03 Å². The Balaban J connectivity index is 1.88. The van der Waals surface area contributed by atoms with Crippen molar-refractivity contribution in [3.8, 4) is 0 Å². The van der Waals surface area contributed by atoms with Crippen LogP contribution in [0.3, 0.4) is 0 Å². The van der Waals surface area contributed by atoms with E-state index in [2.05, 4.69) is 22.5 Å². The van der Waals surface area contributed by atoms with Crippen molar-refractivity contribution >= 4 is 6.03 Å². The molecule has 2 amide bonds. The van der Waals surface area contributed by atoms with Gasteiger partial charge in [0, 0.05) is 13.1 Å². The minimum atomic E-state index is -0.0233. The molecule has 17 heavy (non-hydrogen) atoms. The van der Waals surface area contributed by atoms with E-state index in [4.69, 9.17) is 0 Å². The summed E-state index contributed by atoms with van der Waals surface area (Å²) < 4.78 is 0. The zero-order valence-corrected chi connectivity index (χ0v) is 11.1. The van der Waals surface area contributed by atoms with Gasteiger partial charge in [-0.25, -0.2) is 4.79 Å². The largest absolute Gasteiger partial charge is 0.338 e. The van der Waals surface area contributed by atoms with Crippen LogP contribution in [-0.2, 0) is 0 Å². The lowest BCUT2D eigenvalue weighted by molar-refractivity contribution is 0.223. The summed E-state index contributed by atoms with van der Waals surface area (Å²) >= 11 is 0. The number of piperidine rings is 1. The summed E-state index contributed by atoms with van der Waals surface area (Å²) in [6, 6.07) is -0.0233. The van der Waals surface area contributed by atoms with Crippen LogP contribution in [-0.4, -0.2) is 43.7 Å². The molecule has 0 spiro atoms. The molecule has 4 nitrogen and oxygen atoms in total. The maximum Gasteiger partial charge on any atom is 0.314 e. The summed E-state index contributed by atoms with van der Waals surface area (Å²) in [5.74, 6) is 0. The van der Waals surface area contributed by atoms with E-state index in [1.165, 1.54) is 45.3 Å². The Morgan fingerprint density at radius 2 is 1.76 bits per heavy atom. The zero-order chi connectivity index (χ0) is 12.3. The Labute approximate surface area is 105 Å². The third-order valence-corrected chi connectivity index (χ3v) is 3.17. The first-order valence-corrected chi connectivity index (χ1v) is 7.07. The average Bonchev–Trinajstić information content (AvgIpc) is 2.37. The maximum atomic E-state index is 11.2. The normalized spacial score (nSPS) is 16.8. The number of urea groups is 1. The summed E-state index contributed by atoms with van der Waals surface area (Å²) in [6.07, 6.45) is 7.37. The van der Waals surface area contributed by atoms with Crippen LogP contribution >= 0.6 is 0 Å². The van der Waals surface area contributed by atoms with Crippen molar-refractivity contribution in [3.63, 3.8) is 0 Å². The monoisotopic (exact) mass is 241 g/mol. The summed E-state index contributed by atoms with van der Waals surface area (Å²) in [7, 11) is 0. The molecule has 0 aromatic carbocycles. The van der Waals surface area contributed by atoms with Gasteiger partial charge in [-0.05, 0) is 51.7 Å². The number of unbranched alkanes of at least 4 members (excludes halogenated alkanes) is 1. The fraction of sp³-hybridized carbons (Fsp3) is 0.923. The topological polar surface area (TPSA) is 44.4 Å². The second kappa shape index (κ2) is 9.28. The van der Waals surface area contributed by atoms with Crippen LogP contribution in [0, 0.1) is 0 Å². The van der Waals surface area contributed by atoms with Crippen molar-refractivity contribution in [3.05, 3.63) is 0 Å². The molecule has 0 unspecified atom stereocenters. The number of amides is 2. The summed E-state index contributed by atoms with van der Waals surface area (Å²) in [6.45, 7) is 7.34. The molecule has 0 aliphatic carbocycles. The lowest BCUT2D eigenvalue weighted by Crippen LogP contribution is -2.36. The van der Waals surface area contributed by atoms with Crippen molar-refractivity contribution in [1.29, 1.82) is 0 Å². The lowest BCUT2D eigenvalue weighted by atomic mass is 10.1. The minimum absolute atomic E-state index is 0.0233. The molecule has 2 N–H and O–H groups in total. The summed E-state index contributed by atoms with van der Waals surface area (Å²) in [4.78, 5) is 13.8. The SMILES string of the molecule is CCCNC(=O)NCCCCN1CCCCC1. The van der Waals surface area contributed by atoms with E-state index < -0.39 is 0 Å². The highest BCUT2D eigenvalue weighted by atomic mass is 16.2. The molecule has 4 heteroatoms. The molecule has 1 rings (SSSR count). The third-order valence-electron chi connectivity index (χ3n) is 3.17. The molecule has 1 aliphatic heterocycles. The van der Waals surface area contributed by atoms with Gasteiger partial charge in [0.15, 0.2) is 0 Å². The van der Waals surface area contributed by atoms with Crippen LogP contribution in [0.2, 0.25) is 0 Å². The molecule has 0 aromatic heterocycles. The first-order chi connectivity index (χ1) is 8.33. The third kappa shape index (κ3) is 7.21. The second-order valence-corrected chi connectivity index (χ2v) is 4.79. The number of hydrogen-bond donors (Lipinski definition) is 2. The zero-order valence-electron chi connectivity index (χ0n) is 11.1. The van der Waals surface area contributed by atoms with E-state index in [0.717, 1.165) is 25.9 Å². The van der Waals surface area contributed by atoms with Gasteiger partial charge in [0.05, 0.1) is 0 Å². The Kier molecular flexibility index (Phi) is 7.80. The predicted octanol–water partition coefficient (Wildman–Crippen LogP) is 1.96. The Hall–Kier alpha value is -0.770. The van der Waals surface area contributed by atoms with Crippen molar-refractivity contribution in [1.82, 2.24) is 15.5 Å². The second-order valence-electron chi connectivity index (χ2n) is 4.79. The van der Waals surface area contributed by atoms with Gasteiger partial charge in [-0.15, -0.1) is 0 Å². The highest BCUT2D eigenvalue weighted by Crippen LogP contribution is 2.08. The fourth-order valence-corrected chi connectivity index (χ4v) is 2.15. The van der Waals surface area contributed by atoms with Crippen LogP contribution in [0.5, 0.6) is 0 Å². The van der Waals surface area contributed by atoms with Crippen molar-refractivity contribution in [2.45, 2.75) is 45.4 Å². The molecule has 1 heterocycles. The Morgan fingerprint density at radius 1 is 1.06 bits per heavy atom. The Morgan fingerprint density at radius 3 is 2.47 bits per heavy atom. The van der Waals surface area contributed by atoms with E-state index in [1.54, 1.807) is 0 Å². The highest BCUT2D eigenvalue weighted by Gasteiger charge is 2.08. The van der Waals surface area contributed by atoms with Crippen LogP contribution in [0.4, 0.5) is 4.79 Å². The summed E-state index contributed by atoms with van der Waals surface area (Å²) in [5, 5.41) is 5.70. The van der Waals surface area contributed by atoms with Gasteiger partial charge in [0.25, 0.3) is 0 Å². The number of likely N-dealkylation sites (tertiary alicyclic amines) is 1. The molecular weight excluding hydrogens is 214 g/mol. The van der Waals surface area contributed by atoms with Gasteiger partial charge in [-0.2, -0.15) is 0 Å². The summed E-state index contributed by atoms with van der Waals surface area (Å²) in [5.41, 5.74) is 0. The van der Waals surface area contributed by atoms with E-state index >= 15 is 0 Å². The maximum absolute atomic E-state index is 11.2. The minimum Gasteiger partial charge on any atom is -0.338 e. The first kappa shape index (κ1) is 14.3. The van der Waals surface area contributed by atoms with Gasteiger partial charge >= 0.3 is 6.03 Å². The van der Waals surface area contributed by atoms with E-state index in [1.807, 2.05) is 0 Å². The molecule has 1 aliphatic rings. The van der Waals surface area contributed by atoms with Gasteiger partial charge in [0.2, 0.25) is 0 Å². The molecule has 100 valence electrons. The predicted molar refractivity (Wildman–Crippen MR) is 71.2 cm³/mol. The van der Waals surface area contributed by atoms with Crippen molar-refractivity contribution in [2.24, 2.45) is 0 Å². The smallest absolute Gasteiger partial charge is 0.314 e. The lowest BCUT2D eigenvalue weighted by Gasteiger charge is -2.26. The first-order valence-electron chi connectivity index (χ1n) is 7.07. The highest BCUT2D eigenvalue weighted by molar-refractivity contribution is 5.73. The molecular formula is C13H27N3O. The van der Waals surface area contributed by atoms with Crippen LogP contribution < -0.4 is 10.6 Å². The number of hydrogen-bond acceptors (Lipinski definition) is 2. The molecule has 0 aromatic rings. The van der Waals surface area contributed by atoms with Crippen molar-refractivity contribution < 1.29 is 4.79 Å². The Bertz CT molecular complexity index is 203. The fourth-order valence-electron chi connectivity index (χ4n) is 2.15. The van der Waals surface area contributed by atoms with Gasteiger partial charge < -0.3 is 15.5 Å². The number of nitrogens with one attached hydrogen (secondary N) is 2. The van der Waals surface area contributed by atoms with Crippen molar-refractivity contribution in [2.75, 3.05) is 32.7 Å². The van der Waals surface area contributed by atoms with Crippen LogP contribution in [0.1, 0.15) is 45.4 Å². The molecule has 0 atom stereocenters. The van der Waals surface area contributed by atoms with E-state index in [9.17, 15) is 4.79 Å². The number of carbonyl (C=O) groups is 1. The molecule has 0 saturated carbocycles. The quantitative estimate of drug-likeness (QED) is 0.669. The molecule has 1 saturated heterocycles. The van der Waals surface area contributed by atoms with E-state index in [0.29, 0.717) is 0 Å². The average molecular weight is 241 g/mol. The van der Waals surface area contributed by atoms with Crippen LogP contribution in [0.15, 0.2) is 0 Å². The van der Waals surface area contributed by atoms with Gasteiger partial charge in [-0.1, -0.05) is 13.3 Å². The van der Waals surface area contributed by atoms with Gasteiger partial charge in [-0.3, -0.25) is 0 Å². The number of carbonyl (C=O) groups excluding carboxylic acids is 1. The molecule has 0 radical (unpaired) electrons. The molecule has 0 bridgehead atoms. The standard InChI is InChI=1S/C13H27N3O/c1-2-8-14-13(17)15-9-4-7-12-16-10-5-3-6-11-16/h2-12H2,1H3,(H2,14,15,17). The number of rotatable bonds is 7. The number of nitrogens with zero attached hydrogens (tertiary/aromatic N) is 1. The van der Waals surface area contributed by atoms with Crippen LogP contribution in [0.25, 0.3) is 0 Å². The molecule has 1 fully saturated rings. The van der Waals surface area contributed by atoms with Gasteiger partial charge in [0.1, 0.15) is 0 Å².